The first-order valence-corrected chi connectivity index (χ1v) is 5.88. The molecule has 2 atom stereocenters. The molecule has 1 amide bonds. The van der Waals surface area contributed by atoms with Crippen LogP contribution in [0.15, 0.2) is 0 Å². The largest absolute Gasteiger partial charge is 0.483 e. The van der Waals surface area contributed by atoms with E-state index in [-0.39, 0.29) is 0 Å². The molecule has 0 bridgehead atoms. The summed E-state index contributed by atoms with van der Waals surface area (Å²) in [6, 6.07) is 0. The van der Waals surface area contributed by atoms with E-state index in [1.165, 1.54) is 0 Å². The molecule has 0 aromatic rings. The molecule has 1 rings (SSSR count). The lowest BCUT2D eigenvalue weighted by Crippen LogP contribution is -2.36. The Labute approximate surface area is 108 Å². The van der Waals surface area contributed by atoms with Crippen LogP contribution in [0.5, 0.6) is 0 Å². The minimum Gasteiger partial charge on any atom is -0.449 e. The van der Waals surface area contributed by atoms with Crippen molar-refractivity contribution in [2.75, 3.05) is 13.1 Å². The van der Waals surface area contributed by atoms with Crippen LogP contribution < -0.4 is 0 Å². The Bertz CT molecular complexity index is 342. The highest BCUT2D eigenvalue weighted by Crippen LogP contribution is 2.42. The first-order valence-electron chi connectivity index (χ1n) is 5.88. The van der Waals surface area contributed by atoms with Gasteiger partial charge in [0, 0.05) is 19.0 Å². The molecular weight excluding hydrogens is 272 g/mol. The van der Waals surface area contributed by atoms with Gasteiger partial charge in [-0.15, -0.1) is 0 Å². The number of carbonyl (C=O) groups is 1. The summed E-state index contributed by atoms with van der Waals surface area (Å²) in [5, 5.41) is 0. The van der Waals surface area contributed by atoms with Gasteiger partial charge in [-0.3, -0.25) is 0 Å². The van der Waals surface area contributed by atoms with Crippen molar-refractivity contribution in [1.82, 2.24) is 4.90 Å². The molecule has 1 aliphatic heterocycles. The van der Waals surface area contributed by atoms with E-state index in [1.807, 2.05) is 0 Å². The molecule has 1 fully saturated rings. The zero-order chi connectivity index (χ0) is 15.0. The first-order chi connectivity index (χ1) is 8.42. The predicted octanol–water partition coefficient (Wildman–Crippen LogP) is 3.34. The molecule has 0 spiro atoms. The van der Waals surface area contributed by atoms with Crippen molar-refractivity contribution >= 4 is 13.1 Å². The third kappa shape index (κ3) is 4.24. The summed E-state index contributed by atoms with van der Waals surface area (Å²) in [6.45, 7) is -2.14. The number of halogens is 5. The van der Waals surface area contributed by atoms with E-state index in [4.69, 9.17) is 4.74 Å². The second kappa shape index (κ2) is 5.17. The van der Waals surface area contributed by atoms with Crippen LogP contribution in [-0.4, -0.2) is 43.1 Å². The molecule has 0 aromatic heterocycles. The van der Waals surface area contributed by atoms with E-state index in [2.05, 4.69) is 0 Å². The summed E-state index contributed by atoms with van der Waals surface area (Å²) >= 11 is 0. The molecule has 1 saturated heterocycles. The third-order valence-electron chi connectivity index (χ3n) is 2.87. The number of rotatable bonds is 2. The molecule has 19 heavy (non-hydrogen) atoms. The number of hydrogen-bond donors (Lipinski definition) is 0. The van der Waals surface area contributed by atoms with E-state index in [1.54, 1.807) is 20.8 Å². The van der Waals surface area contributed by atoms with Gasteiger partial charge in [-0.05, 0) is 26.6 Å². The van der Waals surface area contributed by atoms with Crippen LogP contribution in [0.4, 0.5) is 26.5 Å². The molecule has 1 heterocycles. The highest BCUT2D eigenvalue weighted by atomic mass is 19.4. The predicted molar refractivity (Wildman–Crippen MR) is 60.1 cm³/mol. The number of hydrogen-bond acceptors (Lipinski definition) is 2. The maximum Gasteiger partial charge on any atom is 0.483 e. The molecule has 0 aromatic carbocycles. The maximum atomic E-state index is 12.7. The van der Waals surface area contributed by atoms with Gasteiger partial charge in [-0.25, -0.2) is 13.6 Å². The number of carbonyl (C=O) groups excluding carboxylic acids is 1. The molecule has 0 saturated carbocycles. The Hall–Kier alpha value is -1.02. The monoisotopic (exact) mass is 288 g/mol. The van der Waals surface area contributed by atoms with Crippen molar-refractivity contribution in [3.8, 4) is 0 Å². The van der Waals surface area contributed by atoms with Gasteiger partial charge in [-0.1, -0.05) is 0 Å². The normalized spacial score (nSPS) is 25.0. The minimum absolute atomic E-state index is 0.626. The van der Waals surface area contributed by atoms with Crippen LogP contribution in [0, 0.1) is 5.92 Å². The van der Waals surface area contributed by atoms with Crippen molar-refractivity contribution in [2.24, 2.45) is 5.92 Å². The SMILES string of the molecule is CC(C)(C)OC(=O)N1CC(C(F)F)C([B-](F)(F)F)C1. The number of nitrogens with zero attached hydrogens (tertiary/aromatic N) is 1. The average molecular weight is 288 g/mol. The van der Waals surface area contributed by atoms with Gasteiger partial charge in [0.1, 0.15) is 5.60 Å². The Morgan fingerprint density at radius 3 is 2.11 bits per heavy atom. The second-order valence-electron chi connectivity index (χ2n) is 5.67. The number of alkyl halides is 2. The summed E-state index contributed by atoms with van der Waals surface area (Å²) < 4.78 is 68.2. The number of likely N-dealkylation sites (tertiary alicyclic amines) is 1. The van der Waals surface area contributed by atoms with Gasteiger partial charge in [-0.2, -0.15) is 0 Å². The van der Waals surface area contributed by atoms with Crippen molar-refractivity contribution in [3.63, 3.8) is 0 Å². The molecule has 0 radical (unpaired) electrons. The topological polar surface area (TPSA) is 29.5 Å². The molecule has 0 aliphatic carbocycles. The zero-order valence-corrected chi connectivity index (χ0v) is 10.9. The molecule has 0 N–H and O–H groups in total. The van der Waals surface area contributed by atoms with E-state index in [9.17, 15) is 26.5 Å². The molecule has 112 valence electrons. The van der Waals surface area contributed by atoms with E-state index >= 15 is 0 Å². The highest BCUT2D eigenvalue weighted by molar-refractivity contribution is 6.60. The first kappa shape index (κ1) is 16.0. The lowest BCUT2D eigenvalue weighted by atomic mass is 9.67. The maximum absolute atomic E-state index is 12.7. The van der Waals surface area contributed by atoms with Gasteiger partial charge < -0.3 is 22.6 Å². The van der Waals surface area contributed by atoms with Crippen LogP contribution in [-0.2, 0) is 4.74 Å². The molecule has 9 heteroatoms. The van der Waals surface area contributed by atoms with Gasteiger partial charge in [0.15, 0.2) is 0 Å². The van der Waals surface area contributed by atoms with E-state index < -0.39 is 49.9 Å². The summed E-state index contributed by atoms with van der Waals surface area (Å²) in [5.74, 6) is -4.01. The highest BCUT2D eigenvalue weighted by Gasteiger charge is 2.50. The van der Waals surface area contributed by atoms with E-state index in [0.29, 0.717) is 4.90 Å². The molecule has 2 unspecified atom stereocenters. The summed E-state index contributed by atoms with van der Waals surface area (Å²) in [4.78, 5) is 12.3. The Kier molecular flexibility index (Phi) is 4.36. The minimum atomic E-state index is -5.42. The van der Waals surface area contributed by atoms with Crippen LogP contribution in [0.3, 0.4) is 0 Å². The summed E-state index contributed by atoms with van der Waals surface area (Å²) in [6.07, 6.45) is -4.10. The van der Waals surface area contributed by atoms with Crippen LogP contribution in [0.1, 0.15) is 20.8 Å². The van der Waals surface area contributed by atoms with Crippen molar-refractivity contribution in [3.05, 3.63) is 0 Å². The van der Waals surface area contributed by atoms with Gasteiger partial charge in [0.25, 0.3) is 0 Å². The smallest absolute Gasteiger partial charge is 0.449 e. The average Bonchev–Trinajstić information content (AvgIpc) is 2.57. The Morgan fingerprint density at radius 1 is 1.26 bits per heavy atom. The fourth-order valence-electron chi connectivity index (χ4n) is 2.00. The second-order valence-corrected chi connectivity index (χ2v) is 5.67. The Morgan fingerprint density at radius 2 is 1.79 bits per heavy atom. The quantitative estimate of drug-likeness (QED) is 0.576. The van der Waals surface area contributed by atoms with Gasteiger partial charge >= 0.3 is 13.1 Å². The lowest BCUT2D eigenvalue weighted by Gasteiger charge is -2.27. The molecular formula is C10H16BF5NO2-. The van der Waals surface area contributed by atoms with Crippen molar-refractivity contribution in [2.45, 2.75) is 38.6 Å². The molecule has 3 nitrogen and oxygen atoms in total. The zero-order valence-electron chi connectivity index (χ0n) is 10.9. The lowest BCUT2D eigenvalue weighted by molar-refractivity contribution is 0.0254. The van der Waals surface area contributed by atoms with E-state index in [0.717, 1.165) is 0 Å². The fourth-order valence-corrected chi connectivity index (χ4v) is 2.00. The standard InChI is InChI=1S/C10H16BF5NO2/c1-10(2,3)19-9(18)17-4-6(8(12)13)7(5-17)11(14,15)16/h6-8H,4-5H2,1-3H3/q-1. The number of ether oxygens (including phenoxy) is 1. The Balaban J connectivity index is 2.78. The fraction of sp³-hybridized carbons (Fsp3) is 0.900. The van der Waals surface area contributed by atoms with Crippen molar-refractivity contribution < 1.29 is 31.3 Å². The van der Waals surface area contributed by atoms with Crippen LogP contribution >= 0.6 is 0 Å². The van der Waals surface area contributed by atoms with Crippen LogP contribution in [0.2, 0.25) is 5.82 Å². The van der Waals surface area contributed by atoms with Gasteiger partial charge in [0.05, 0.1) is 0 Å². The third-order valence-corrected chi connectivity index (χ3v) is 2.87. The van der Waals surface area contributed by atoms with Crippen molar-refractivity contribution in [1.29, 1.82) is 0 Å². The molecule has 1 aliphatic rings. The van der Waals surface area contributed by atoms with Gasteiger partial charge in [0.2, 0.25) is 6.43 Å². The summed E-state index contributed by atoms with van der Waals surface area (Å²) in [7, 11) is 0. The number of amides is 1. The summed E-state index contributed by atoms with van der Waals surface area (Å²) in [5.41, 5.74) is -0.876. The van der Waals surface area contributed by atoms with Crippen LogP contribution in [0.25, 0.3) is 0 Å².